The molecule has 1 saturated heterocycles. The predicted molar refractivity (Wildman–Crippen MR) is 280 cm³/mol. The van der Waals surface area contributed by atoms with E-state index in [4.69, 9.17) is 15.0 Å². The van der Waals surface area contributed by atoms with Gasteiger partial charge in [-0.2, -0.15) is 0 Å². The number of rotatable bonds is 28. The number of carbonyl (C=O) groups is 10. The fourth-order valence-electron chi connectivity index (χ4n) is 7.26. The number of nitrogens with one attached hydrogen (secondary N) is 3. The largest absolute Gasteiger partial charge is 0.481 e. The normalized spacial score (nSPS) is 13.8. The molecule has 0 bridgehead atoms. The summed E-state index contributed by atoms with van der Waals surface area (Å²) in [6, 6.07) is 13.7. The molecule has 2 aromatic carbocycles. The standard InChI is InChI=1S/C45H66N8O13.C3H6O2.C2H6.CH3NO/c1-33-8-10-35(11-9-33)28-53(17-5-3-6-37(45(65)66)47-27-40(56)57)44(64)36-14-12-34(13-15-36)26-48-38(54)7-2-4-16-46-39(55)29-49-18-20-50(30-41(58)59)22-24-52(32-43(62)63)25-23-51(21-19-49)31-42(60)61;1-2-3(4)5;1-2;2-1-3/h8-15,37,47H,2-7,16-32H2,1H3,(H,46,55)(H,48,54)(H,56,57)(H,58,59)(H,60,61)(H,62,63)(H,65,66);2H2,1H3,(H,4,5);1-2H3;1H,(H2,2,3). The summed E-state index contributed by atoms with van der Waals surface area (Å²) < 4.78 is 0. The van der Waals surface area contributed by atoms with E-state index < -0.39 is 48.4 Å². The molecule has 2 aromatic rings. The van der Waals surface area contributed by atoms with E-state index >= 15 is 0 Å². The van der Waals surface area contributed by atoms with Crippen LogP contribution in [0.1, 0.15) is 92.8 Å². The predicted octanol–water partition coefficient (Wildman–Crippen LogP) is 0.922. The van der Waals surface area contributed by atoms with Crippen LogP contribution in [0.25, 0.3) is 0 Å². The maximum atomic E-state index is 13.7. The Bertz CT molecular complexity index is 2050. The van der Waals surface area contributed by atoms with Crippen molar-refractivity contribution in [1.29, 1.82) is 0 Å². The first kappa shape index (κ1) is 68.9. The number of carboxylic acids is 6. The molecule has 1 unspecified atom stereocenters. The van der Waals surface area contributed by atoms with Gasteiger partial charge in [-0.15, -0.1) is 0 Å². The average Bonchev–Trinajstić information content (AvgIpc) is 3.36. The number of carbonyl (C=O) groups excluding carboxylic acids is 4. The summed E-state index contributed by atoms with van der Waals surface area (Å²) in [6.07, 6.45) is 2.87. The smallest absolute Gasteiger partial charge is 0.320 e. The van der Waals surface area contributed by atoms with Crippen molar-refractivity contribution in [3.63, 3.8) is 0 Å². The van der Waals surface area contributed by atoms with Crippen molar-refractivity contribution in [3.05, 3.63) is 70.8 Å². The van der Waals surface area contributed by atoms with Crippen molar-refractivity contribution in [1.82, 2.24) is 40.4 Å². The van der Waals surface area contributed by atoms with Crippen LogP contribution >= 0.6 is 0 Å². The van der Waals surface area contributed by atoms with Crippen molar-refractivity contribution in [2.45, 2.75) is 91.8 Å². The minimum absolute atomic E-state index is 0.00686. The second-order valence-electron chi connectivity index (χ2n) is 17.3. The minimum atomic E-state index is -1.15. The second kappa shape index (κ2) is 41.2. The fraction of sp³-hybridized carbons (Fsp3) is 0.569. The molecule has 76 heavy (non-hydrogen) atoms. The van der Waals surface area contributed by atoms with E-state index in [2.05, 4.69) is 21.7 Å². The van der Waals surface area contributed by atoms with Crippen molar-refractivity contribution >= 4 is 59.9 Å². The van der Waals surface area contributed by atoms with Crippen molar-refractivity contribution in [2.75, 3.05) is 98.2 Å². The molecule has 3 rings (SSSR count). The second-order valence-corrected chi connectivity index (χ2v) is 17.3. The number of nitrogens with zero attached hydrogens (tertiary/aromatic N) is 5. The number of aliphatic carboxylic acids is 6. The van der Waals surface area contributed by atoms with E-state index in [1.165, 1.54) is 0 Å². The Labute approximate surface area is 444 Å². The van der Waals surface area contributed by atoms with Gasteiger partial charge in [0.15, 0.2) is 0 Å². The van der Waals surface area contributed by atoms with Gasteiger partial charge in [0.1, 0.15) is 6.04 Å². The zero-order valence-electron chi connectivity index (χ0n) is 44.3. The number of nitrogens with two attached hydrogens (primary N) is 1. The molecule has 0 aliphatic carbocycles. The molecule has 0 spiro atoms. The number of amides is 4. The molecule has 25 nitrogen and oxygen atoms in total. The minimum Gasteiger partial charge on any atom is -0.481 e. The Morgan fingerprint density at radius 1 is 0.605 bits per heavy atom. The monoisotopic (exact) mass is 1080 g/mol. The van der Waals surface area contributed by atoms with Crippen LogP contribution in [0.5, 0.6) is 0 Å². The first-order chi connectivity index (χ1) is 36.1. The third-order valence-corrected chi connectivity index (χ3v) is 11.3. The van der Waals surface area contributed by atoms with Gasteiger partial charge in [-0.05, 0) is 62.3 Å². The van der Waals surface area contributed by atoms with Gasteiger partial charge in [0.25, 0.3) is 5.91 Å². The molecular formula is C51H81N9O16. The highest BCUT2D eigenvalue weighted by Crippen LogP contribution is 2.15. The van der Waals surface area contributed by atoms with E-state index in [-0.39, 0.29) is 102 Å². The SMILES string of the molecule is CC.CCC(=O)O.Cc1ccc(CN(CCCCC(NCC(=O)O)C(=O)O)C(=O)c2ccc(CNC(=O)CCCCNC(=O)CN3CCN(CC(=O)O)CCN(CC(=O)O)CCN(CC(=O)O)CC3)cc2)cc1.NC=O. The molecule has 1 heterocycles. The Morgan fingerprint density at radius 2 is 1.05 bits per heavy atom. The first-order valence-electron chi connectivity index (χ1n) is 25.2. The topological polar surface area (TPSA) is 370 Å². The lowest BCUT2D eigenvalue weighted by Crippen LogP contribution is -2.49. The molecule has 426 valence electrons. The van der Waals surface area contributed by atoms with E-state index in [9.17, 15) is 63.6 Å². The number of hydrogen-bond acceptors (Lipinski definition) is 15. The number of primary amides is 1. The maximum Gasteiger partial charge on any atom is 0.320 e. The van der Waals surface area contributed by atoms with Gasteiger partial charge >= 0.3 is 35.8 Å². The molecule has 25 heteroatoms. The van der Waals surface area contributed by atoms with Crippen LogP contribution in [-0.2, 0) is 56.2 Å². The molecule has 1 aliphatic rings. The zero-order chi connectivity index (χ0) is 57.4. The van der Waals surface area contributed by atoms with Gasteiger partial charge in [-0.1, -0.05) is 62.7 Å². The number of aryl methyl sites for hydroxylation is 1. The highest BCUT2D eigenvalue weighted by Gasteiger charge is 2.23. The van der Waals surface area contributed by atoms with Crippen LogP contribution in [0.4, 0.5) is 0 Å². The molecule has 1 fully saturated rings. The third kappa shape index (κ3) is 34.4. The van der Waals surface area contributed by atoms with E-state index in [0.29, 0.717) is 77.1 Å². The van der Waals surface area contributed by atoms with Gasteiger partial charge in [-0.3, -0.25) is 72.9 Å². The van der Waals surface area contributed by atoms with Gasteiger partial charge in [0, 0.05) is 96.9 Å². The lowest BCUT2D eigenvalue weighted by atomic mass is 10.1. The molecule has 0 radical (unpaired) electrons. The summed E-state index contributed by atoms with van der Waals surface area (Å²) in [6.45, 7) is 9.87. The highest BCUT2D eigenvalue weighted by atomic mass is 16.4. The Kier molecular flexibility index (Phi) is 37.4. The molecule has 0 aromatic heterocycles. The number of benzene rings is 2. The number of unbranched alkanes of at least 4 members (excludes halogenated alkanes) is 2. The Morgan fingerprint density at radius 3 is 1.47 bits per heavy atom. The summed E-state index contributed by atoms with van der Waals surface area (Å²) >= 11 is 0. The zero-order valence-corrected chi connectivity index (χ0v) is 44.3. The summed E-state index contributed by atoms with van der Waals surface area (Å²) in [4.78, 5) is 123. The lowest BCUT2D eigenvalue weighted by Gasteiger charge is -2.32. The summed E-state index contributed by atoms with van der Waals surface area (Å²) in [7, 11) is 0. The van der Waals surface area contributed by atoms with Crippen LogP contribution in [0, 0.1) is 6.92 Å². The van der Waals surface area contributed by atoms with Gasteiger partial charge in [0.2, 0.25) is 18.2 Å². The molecule has 4 amide bonds. The van der Waals surface area contributed by atoms with E-state index in [0.717, 1.165) is 16.7 Å². The van der Waals surface area contributed by atoms with Crippen LogP contribution < -0.4 is 21.7 Å². The van der Waals surface area contributed by atoms with E-state index in [1.54, 1.807) is 50.8 Å². The highest BCUT2D eigenvalue weighted by molar-refractivity contribution is 5.94. The third-order valence-electron chi connectivity index (χ3n) is 11.3. The number of hydrogen-bond donors (Lipinski definition) is 10. The Hall–Kier alpha value is -7.06. The Balaban J connectivity index is 0.00000517. The quantitative estimate of drug-likeness (QED) is 0.0418. The summed E-state index contributed by atoms with van der Waals surface area (Å²) in [5.41, 5.74) is 7.40. The average molecular weight is 1080 g/mol. The van der Waals surface area contributed by atoms with Gasteiger partial charge in [-0.25, -0.2) is 0 Å². The molecule has 11 N–H and O–H groups in total. The van der Waals surface area contributed by atoms with Crippen molar-refractivity contribution < 1.29 is 78.6 Å². The van der Waals surface area contributed by atoms with Crippen LogP contribution in [0.3, 0.4) is 0 Å². The maximum absolute atomic E-state index is 13.7. The lowest BCUT2D eigenvalue weighted by molar-refractivity contribution is -0.141. The molecule has 0 saturated carbocycles. The summed E-state index contributed by atoms with van der Waals surface area (Å²) in [5, 5.41) is 62.6. The van der Waals surface area contributed by atoms with Crippen molar-refractivity contribution in [3.8, 4) is 0 Å². The van der Waals surface area contributed by atoms with Gasteiger partial charge < -0.3 is 51.9 Å². The van der Waals surface area contributed by atoms with Crippen molar-refractivity contribution in [2.24, 2.45) is 5.73 Å². The van der Waals surface area contributed by atoms with Crippen LogP contribution in [0.15, 0.2) is 48.5 Å². The summed E-state index contributed by atoms with van der Waals surface area (Å²) in [5.74, 6) is -6.82. The molecule has 1 aliphatic heterocycles. The molecular weight excluding hydrogens is 995 g/mol. The van der Waals surface area contributed by atoms with E-state index in [1.807, 2.05) is 49.9 Å². The van der Waals surface area contributed by atoms with Gasteiger partial charge in [0.05, 0.1) is 32.7 Å². The fourth-order valence-corrected chi connectivity index (χ4v) is 7.26. The molecule has 1 atom stereocenters. The van der Waals surface area contributed by atoms with Crippen LogP contribution in [-0.4, -0.2) is 219 Å². The number of carboxylic acid groups (broad SMARTS) is 6. The van der Waals surface area contributed by atoms with Crippen LogP contribution in [0.2, 0.25) is 0 Å². The first-order valence-corrected chi connectivity index (χ1v) is 25.2.